The van der Waals surface area contributed by atoms with Crippen LogP contribution in [-0.2, 0) is 6.42 Å². The fraction of sp³-hybridized carbons (Fsp3) is 0.625. The third-order valence-electron chi connectivity index (χ3n) is 3.90. The van der Waals surface area contributed by atoms with Gasteiger partial charge in [-0.1, -0.05) is 46.3 Å². The van der Waals surface area contributed by atoms with E-state index in [2.05, 4.69) is 51.2 Å². The standard InChI is InChI=1S/C16H24BrN/c17-11-10-16-9-5-13-18(14-16)12-4-8-15-6-2-1-3-7-15/h1-3,6-7,16H,4-5,8-14H2. The summed E-state index contributed by atoms with van der Waals surface area (Å²) in [6.45, 7) is 3.90. The fourth-order valence-corrected chi connectivity index (χ4v) is 3.54. The summed E-state index contributed by atoms with van der Waals surface area (Å²) in [5, 5.41) is 1.16. The molecule has 0 aromatic heterocycles. The maximum absolute atomic E-state index is 3.57. The molecule has 1 aromatic rings. The highest BCUT2D eigenvalue weighted by molar-refractivity contribution is 9.09. The summed E-state index contributed by atoms with van der Waals surface area (Å²) in [5.41, 5.74) is 1.48. The average Bonchev–Trinajstić information content (AvgIpc) is 2.41. The third kappa shape index (κ3) is 4.74. The van der Waals surface area contributed by atoms with Gasteiger partial charge in [-0.05, 0) is 56.7 Å². The van der Waals surface area contributed by atoms with E-state index in [9.17, 15) is 0 Å². The van der Waals surface area contributed by atoms with E-state index in [0.717, 1.165) is 11.2 Å². The molecule has 0 bridgehead atoms. The predicted molar refractivity (Wildman–Crippen MR) is 82.3 cm³/mol. The zero-order valence-corrected chi connectivity index (χ0v) is 12.7. The second kappa shape index (κ2) is 7.96. The minimum atomic E-state index is 0.926. The van der Waals surface area contributed by atoms with Crippen molar-refractivity contribution >= 4 is 15.9 Å². The van der Waals surface area contributed by atoms with E-state index in [4.69, 9.17) is 0 Å². The van der Waals surface area contributed by atoms with E-state index >= 15 is 0 Å². The number of aryl methyl sites for hydroxylation is 1. The van der Waals surface area contributed by atoms with Crippen LogP contribution in [0.4, 0.5) is 0 Å². The number of nitrogens with zero attached hydrogens (tertiary/aromatic N) is 1. The Morgan fingerprint density at radius 2 is 2.06 bits per heavy atom. The lowest BCUT2D eigenvalue weighted by molar-refractivity contribution is 0.171. The van der Waals surface area contributed by atoms with Gasteiger partial charge in [0, 0.05) is 11.9 Å². The number of hydrogen-bond acceptors (Lipinski definition) is 1. The lowest BCUT2D eigenvalue weighted by Gasteiger charge is -2.32. The highest BCUT2D eigenvalue weighted by atomic mass is 79.9. The highest BCUT2D eigenvalue weighted by Crippen LogP contribution is 2.20. The molecule has 18 heavy (non-hydrogen) atoms. The molecule has 0 N–H and O–H groups in total. The molecule has 1 atom stereocenters. The largest absolute Gasteiger partial charge is 0.303 e. The summed E-state index contributed by atoms with van der Waals surface area (Å²) in [6.07, 6.45) is 6.68. The smallest absolute Gasteiger partial charge is 0.00344 e. The van der Waals surface area contributed by atoms with Crippen molar-refractivity contribution in [3.05, 3.63) is 35.9 Å². The number of rotatable bonds is 6. The number of alkyl halides is 1. The SMILES string of the molecule is BrCCC1CCCN(CCCc2ccccc2)C1. The molecule has 2 rings (SSSR count). The minimum absolute atomic E-state index is 0.926. The van der Waals surface area contributed by atoms with Gasteiger partial charge < -0.3 is 4.90 Å². The van der Waals surface area contributed by atoms with Crippen molar-refractivity contribution in [3.63, 3.8) is 0 Å². The third-order valence-corrected chi connectivity index (χ3v) is 4.36. The molecule has 1 aliphatic heterocycles. The maximum atomic E-state index is 3.57. The van der Waals surface area contributed by atoms with Gasteiger partial charge in [-0.2, -0.15) is 0 Å². The van der Waals surface area contributed by atoms with Crippen LogP contribution in [0.2, 0.25) is 0 Å². The van der Waals surface area contributed by atoms with E-state index in [1.54, 1.807) is 0 Å². The highest BCUT2D eigenvalue weighted by Gasteiger charge is 2.18. The summed E-state index contributed by atoms with van der Waals surface area (Å²) in [5.74, 6) is 0.926. The van der Waals surface area contributed by atoms with Crippen LogP contribution in [0, 0.1) is 5.92 Å². The second-order valence-corrected chi connectivity index (χ2v) is 6.17. The number of benzene rings is 1. The molecule has 1 saturated heterocycles. The molecule has 0 amide bonds. The molecule has 0 spiro atoms. The number of halogens is 1. The molecule has 0 aliphatic carbocycles. The molecule has 1 unspecified atom stereocenters. The van der Waals surface area contributed by atoms with E-state index in [0.29, 0.717) is 0 Å². The van der Waals surface area contributed by atoms with Crippen LogP contribution in [0.5, 0.6) is 0 Å². The number of hydrogen-bond donors (Lipinski definition) is 0. The lowest BCUT2D eigenvalue weighted by atomic mass is 9.95. The van der Waals surface area contributed by atoms with E-state index in [-0.39, 0.29) is 0 Å². The van der Waals surface area contributed by atoms with Crippen LogP contribution in [0.1, 0.15) is 31.2 Å². The molecule has 0 radical (unpaired) electrons. The van der Waals surface area contributed by atoms with Crippen molar-refractivity contribution in [2.75, 3.05) is 25.0 Å². The molecular weight excluding hydrogens is 286 g/mol. The summed E-state index contributed by atoms with van der Waals surface area (Å²) >= 11 is 3.57. The Labute approximate surface area is 120 Å². The van der Waals surface area contributed by atoms with Gasteiger partial charge in [-0.15, -0.1) is 0 Å². The van der Waals surface area contributed by atoms with Crippen LogP contribution in [0.3, 0.4) is 0 Å². The van der Waals surface area contributed by atoms with Gasteiger partial charge in [0.2, 0.25) is 0 Å². The Morgan fingerprint density at radius 1 is 1.22 bits per heavy atom. The van der Waals surface area contributed by atoms with E-state index in [1.807, 2.05) is 0 Å². The van der Waals surface area contributed by atoms with Crippen molar-refractivity contribution in [1.82, 2.24) is 4.90 Å². The summed E-state index contributed by atoms with van der Waals surface area (Å²) in [4.78, 5) is 2.67. The van der Waals surface area contributed by atoms with Crippen LogP contribution in [-0.4, -0.2) is 29.9 Å². The van der Waals surface area contributed by atoms with Gasteiger partial charge >= 0.3 is 0 Å². The van der Waals surface area contributed by atoms with Crippen molar-refractivity contribution in [1.29, 1.82) is 0 Å². The molecule has 1 aliphatic rings. The van der Waals surface area contributed by atoms with Crippen LogP contribution >= 0.6 is 15.9 Å². The predicted octanol–water partition coefficient (Wildman–Crippen LogP) is 4.12. The van der Waals surface area contributed by atoms with Crippen LogP contribution in [0.25, 0.3) is 0 Å². The molecule has 2 heteroatoms. The number of likely N-dealkylation sites (tertiary alicyclic amines) is 1. The topological polar surface area (TPSA) is 3.24 Å². The van der Waals surface area contributed by atoms with Crippen molar-refractivity contribution < 1.29 is 0 Å². The summed E-state index contributed by atoms with van der Waals surface area (Å²) < 4.78 is 0. The van der Waals surface area contributed by atoms with Crippen molar-refractivity contribution in [2.45, 2.75) is 32.1 Å². The molecule has 100 valence electrons. The van der Waals surface area contributed by atoms with Crippen molar-refractivity contribution in [2.24, 2.45) is 5.92 Å². The molecule has 1 heterocycles. The van der Waals surface area contributed by atoms with Gasteiger partial charge in [0.15, 0.2) is 0 Å². The Kier molecular flexibility index (Phi) is 6.22. The zero-order valence-electron chi connectivity index (χ0n) is 11.2. The molecular formula is C16H24BrN. The Balaban J connectivity index is 1.67. The zero-order chi connectivity index (χ0) is 12.6. The maximum Gasteiger partial charge on any atom is 0.00344 e. The number of piperidine rings is 1. The Bertz CT molecular complexity index is 323. The second-order valence-electron chi connectivity index (χ2n) is 5.38. The first kappa shape index (κ1) is 14.1. The summed E-state index contributed by atoms with van der Waals surface area (Å²) in [6, 6.07) is 10.9. The summed E-state index contributed by atoms with van der Waals surface area (Å²) in [7, 11) is 0. The van der Waals surface area contributed by atoms with Crippen molar-refractivity contribution in [3.8, 4) is 0 Å². The Hall–Kier alpha value is -0.340. The fourth-order valence-electron chi connectivity index (χ4n) is 2.90. The van der Waals surface area contributed by atoms with E-state index in [1.165, 1.54) is 57.3 Å². The van der Waals surface area contributed by atoms with Gasteiger partial charge in [-0.3, -0.25) is 0 Å². The normalized spacial score (nSPS) is 21.1. The molecule has 1 aromatic carbocycles. The van der Waals surface area contributed by atoms with Gasteiger partial charge in [-0.25, -0.2) is 0 Å². The lowest BCUT2D eigenvalue weighted by Crippen LogP contribution is -2.36. The molecule has 1 fully saturated rings. The molecule has 0 saturated carbocycles. The molecule has 1 nitrogen and oxygen atoms in total. The Morgan fingerprint density at radius 3 is 2.83 bits per heavy atom. The van der Waals surface area contributed by atoms with Crippen LogP contribution in [0.15, 0.2) is 30.3 Å². The van der Waals surface area contributed by atoms with E-state index < -0.39 is 0 Å². The monoisotopic (exact) mass is 309 g/mol. The minimum Gasteiger partial charge on any atom is -0.303 e. The first-order valence-electron chi connectivity index (χ1n) is 7.20. The first-order chi connectivity index (χ1) is 8.88. The van der Waals surface area contributed by atoms with Gasteiger partial charge in [0.05, 0.1) is 0 Å². The van der Waals surface area contributed by atoms with Crippen LogP contribution < -0.4 is 0 Å². The average molecular weight is 310 g/mol. The van der Waals surface area contributed by atoms with Gasteiger partial charge in [0.25, 0.3) is 0 Å². The first-order valence-corrected chi connectivity index (χ1v) is 8.33. The quantitative estimate of drug-likeness (QED) is 0.715. The van der Waals surface area contributed by atoms with Gasteiger partial charge in [0.1, 0.15) is 0 Å².